The zero-order valence-corrected chi connectivity index (χ0v) is 9.11. The molecule has 0 saturated heterocycles. The van der Waals surface area contributed by atoms with E-state index >= 15 is 0 Å². The van der Waals surface area contributed by atoms with Crippen LogP contribution in [0.2, 0.25) is 0 Å². The maximum Gasteiger partial charge on any atom is 0.274 e. The Kier molecular flexibility index (Phi) is 3.11. The van der Waals surface area contributed by atoms with Gasteiger partial charge >= 0.3 is 0 Å². The Balaban J connectivity index is 2.04. The van der Waals surface area contributed by atoms with Gasteiger partial charge in [0.25, 0.3) is 5.69 Å². The first-order chi connectivity index (χ1) is 7.75. The summed E-state index contributed by atoms with van der Waals surface area (Å²) in [6, 6.07) is 6.75. The molecule has 16 heavy (non-hydrogen) atoms. The number of nitro groups is 1. The van der Waals surface area contributed by atoms with Crippen LogP contribution in [0.1, 0.15) is 4.88 Å². The third kappa shape index (κ3) is 2.54. The number of hydrogen-bond acceptors (Lipinski definition) is 5. The maximum absolute atomic E-state index is 10.5. The molecule has 1 N–H and O–H groups in total. The van der Waals surface area contributed by atoms with Crippen LogP contribution in [0, 0.1) is 10.1 Å². The van der Waals surface area contributed by atoms with E-state index in [-0.39, 0.29) is 5.69 Å². The number of anilines is 1. The molecule has 2 aromatic heterocycles. The summed E-state index contributed by atoms with van der Waals surface area (Å²) >= 11 is 1.63. The van der Waals surface area contributed by atoms with Crippen LogP contribution in [-0.4, -0.2) is 9.91 Å². The Bertz CT molecular complexity index is 485. The molecule has 0 saturated carbocycles. The minimum Gasteiger partial charge on any atom is -0.365 e. The van der Waals surface area contributed by atoms with Crippen LogP contribution in [0.3, 0.4) is 0 Å². The lowest BCUT2D eigenvalue weighted by Gasteiger charge is -2.02. The molecule has 0 radical (unpaired) electrons. The van der Waals surface area contributed by atoms with E-state index in [0.717, 1.165) is 4.88 Å². The first-order valence-corrected chi connectivity index (χ1v) is 5.50. The number of nitrogens with zero attached hydrogens (tertiary/aromatic N) is 2. The van der Waals surface area contributed by atoms with Crippen LogP contribution >= 0.6 is 11.3 Å². The molecule has 5 nitrogen and oxygen atoms in total. The Morgan fingerprint density at radius 3 is 3.06 bits per heavy atom. The van der Waals surface area contributed by atoms with Crippen LogP contribution in [-0.2, 0) is 6.54 Å². The molecular weight excluding hydrogens is 226 g/mol. The van der Waals surface area contributed by atoms with E-state index in [9.17, 15) is 10.1 Å². The van der Waals surface area contributed by atoms with Crippen LogP contribution in [0.15, 0.2) is 35.8 Å². The van der Waals surface area contributed by atoms with Crippen LogP contribution in [0.25, 0.3) is 0 Å². The first-order valence-electron chi connectivity index (χ1n) is 4.62. The minimum absolute atomic E-state index is 0.0451. The van der Waals surface area contributed by atoms with E-state index in [1.165, 1.54) is 18.3 Å². The highest BCUT2D eigenvalue weighted by molar-refractivity contribution is 7.09. The molecule has 2 heterocycles. The monoisotopic (exact) mass is 235 g/mol. The summed E-state index contributed by atoms with van der Waals surface area (Å²) in [6.07, 6.45) is 1.43. The second-order valence-electron chi connectivity index (χ2n) is 3.09. The van der Waals surface area contributed by atoms with Crippen molar-refractivity contribution in [1.82, 2.24) is 4.98 Å². The van der Waals surface area contributed by atoms with Crippen molar-refractivity contribution in [3.05, 3.63) is 50.8 Å². The van der Waals surface area contributed by atoms with Gasteiger partial charge in [0.05, 0.1) is 17.5 Å². The lowest BCUT2D eigenvalue weighted by Crippen LogP contribution is -2.00. The number of aromatic nitrogens is 1. The Morgan fingerprint density at radius 1 is 1.50 bits per heavy atom. The van der Waals surface area contributed by atoms with Crippen molar-refractivity contribution in [3.63, 3.8) is 0 Å². The third-order valence-electron chi connectivity index (χ3n) is 1.98. The van der Waals surface area contributed by atoms with Crippen molar-refractivity contribution in [2.24, 2.45) is 0 Å². The van der Waals surface area contributed by atoms with Gasteiger partial charge in [-0.05, 0) is 11.4 Å². The van der Waals surface area contributed by atoms with Gasteiger partial charge in [-0.15, -0.1) is 11.3 Å². The Morgan fingerprint density at radius 2 is 2.38 bits per heavy atom. The molecule has 0 fully saturated rings. The average Bonchev–Trinajstić information content (AvgIpc) is 2.79. The van der Waals surface area contributed by atoms with Crippen molar-refractivity contribution in [2.45, 2.75) is 6.54 Å². The molecule has 0 unspecified atom stereocenters. The zero-order chi connectivity index (χ0) is 11.4. The highest BCUT2D eigenvalue weighted by Crippen LogP contribution is 2.16. The van der Waals surface area contributed by atoms with E-state index in [0.29, 0.717) is 12.4 Å². The number of pyridine rings is 1. The molecule has 0 amide bonds. The van der Waals surface area contributed by atoms with E-state index in [4.69, 9.17) is 0 Å². The average molecular weight is 235 g/mol. The molecule has 0 spiro atoms. The molecule has 0 aliphatic rings. The van der Waals surface area contributed by atoms with Gasteiger partial charge in [-0.1, -0.05) is 6.07 Å². The van der Waals surface area contributed by atoms with Gasteiger partial charge in [-0.3, -0.25) is 10.1 Å². The predicted octanol–water partition coefficient (Wildman–Crippen LogP) is 2.66. The SMILES string of the molecule is O=[N+]([O-])c1ccnc(NCc2cccs2)c1. The Labute approximate surface area is 95.9 Å². The molecule has 0 aliphatic carbocycles. The summed E-state index contributed by atoms with van der Waals surface area (Å²) in [5.41, 5.74) is 0.0451. The molecule has 0 atom stereocenters. The molecule has 2 aromatic rings. The first kappa shape index (κ1) is 10.6. The second-order valence-corrected chi connectivity index (χ2v) is 4.12. The molecule has 0 aromatic carbocycles. The van der Waals surface area contributed by atoms with Crippen LogP contribution in [0.4, 0.5) is 11.5 Å². The molecule has 2 rings (SSSR count). The van der Waals surface area contributed by atoms with Crippen molar-refractivity contribution in [1.29, 1.82) is 0 Å². The van der Waals surface area contributed by atoms with E-state index < -0.39 is 4.92 Å². The van der Waals surface area contributed by atoms with Gasteiger partial charge < -0.3 is 5.32 Å². The van der Waals surface area contributed by atoms with Crippen LogP contribution in [0.5, 0.6) is 0 Å². The summed E-state index contributed by atoms with van der Waals surface area (Å²) < 4.78 is 0. The lowest BCUT2D eigenvalue weighted by atomic mass is 10.4. The highest BCUT2D eigenvalue weighted by Gasteiger charge is 2.06. The number of rotatable bonds is 4. The summed E-state index contributed by atoms with van der Waals surface area (Å²) in [7, 11) is 0. The third-order valence-corrected chi connectivity index (χ3v) is 2.85. The van der Waals surface area contributed by atoms with Gasteiger partial charge in [0.1, 0.15) is 5.82 Å². The second kappa shape index (κ2) is 4.71. The van der Waals surface area contributed by atoms with Crippen molar-refractivity contribution in [3.8, 4) is 0 Å². The summed E-state index contributed by atoms with van der Waals surface area (Å²) in [5.74, 6) is 0.516. The fraction of sp³-hybridized carbons (Fsp3) is 0.100. The normalized spacial score (nSPS) is 10.0. The van der Waals surface area contributed by atoms with Crippen molar-refractivity contribution in [2.75, 3.05) is 5.32 Å². The van der Waals surface area contributed by atoms with Gasteiger partial charge in [-0.25, -0.2) is 4.98 Å². The quantitative estimate of drug-likeness (QED) is 0.653. The molecule has 82 valence electrons. The molecule has 0 aliphatic heterocycles. The van der Waals surface area contributed by atoms with Gasteiger partial charge in [0.15, 0.2) is 0 Å². The minimum atomic E-state index is -0.433. The summed E-state index contributed by atoms with van der Waals surface area (Å²) in [4.78, 5) is 15.3. The fourth-order valence-electron chi connectivity index (χ4n) is 1.22. The lowest BCUT2D eigenvalue weighted by molar-refractivity contribution is -0.384. The maximum atomic E-state index is 10.5. The summed E-state index contributed by atoms with van der Waals surface area (Å²) in [5, 5.41) is 15.6. The van der Waals surface area contributed by atoms with E-state index in [1.54, 1.807) is 11.3 Å². The smallest absolute Gasteiger partial charge is 0.274 e. The van der Waals surface area contributed by atoms with Gasteiger partial charge in [-0.2, -0.15) is 0 Å². The van der Waals surface area contributed by atoms with Gasteiger partial charge in [0, 0.05) is 17.1 Å². The standard InChI is InChI=1S/C10H9N3O2S/c14-13(15)8-3-4-11-10(6-8)12-7-9-2-1-5-16-9/h1-6H,7H2,(H,11,12). The van der Waals surface area contributed by atoms with Crippen molar-refractivity contribution >= 4 is 22.8 Å². The van der Waals surface area contributed by atoms with Crippen LogP contribution < -0.4 is 5.32 Å². The molecule has 6 heteroatoms. The Hall–Kier alpha value is -1.95. The van der Waals surface area contributed by atoms with E-state index in [2.05, 4.69) is 10.3 Å². The number of hydrogen-bond donors (Lipinski definition) is 1. The van der Waals surface area contributed by atoms with E-state index in [1.807, 2.05) is 17.5 Å². The molecule has 0 bridgehead atoms. The number of thiophene rings is 1. The zero-order valence-electron chi connectivity index (χ0n) is 8.29. The highest BCUT2D eigenvalue weighted by atomic mass is 32.1. The predicted molar refractivity (Wildman–Crippen MR) is 62.5 cm³/mol. The summed E-state index contributed by atoms with van der Waals surface area (Å²) in [6.45, 7) is 0.631. The van der Waals surface area contributed by atoms with Crippen molar-refractivity contribution < 1.29 is 4.92 Å². The largest absolute Gasteiger partial charge is 0.365 e. The fourth-order valence-corrected chi connectivity index (χ4v) is 1.87. The molecular formula is C10H9N3O2S. The van der Waals surface area contributed by atoms with Gasteiger partial charge in [0.2, 0.25) is 0 Å². The topological polar surface area (TPSA) is 68.1 Å². The number of nitrogens with one attached hydrogen (secondary N) is 1.